The molecule has 4 rings (SSSR count). The van der Waals surface area contributed by atoms with Gasteiger partial charge in [-0.15, -0.1) is 5.92 Å². The molecule has 0 spiro atoms. The maximum absolute atomic E-state index is 11.1. The maximum atomic E-state index is 11.1. The van der Waals surface area contributed by atoms with E-state index in [1.165, 1.54) is 25.7 Å². The third kappa shape index (κ3) is 2.54. The zero-order valence-corrected chi connectivity index (χ0v) is 17.0. The molecule has 26 heavy (non-hydrogen) atoms. The van der Waals surface area contributed by atoms with Gasteiger partial charge in [-0.05, 0) is 93.8 Å². The van der Waals surface area contributed by atoms with E-state index in [1.807, 2.05) is 13.8 Å². The predicted molar refractivity (Wildman–Crippen MR) is 105 cm³/mol. The lowest BCUT2D eigenvalue weighted by Crippen LogP contribution is -2.52. The third-order valence-electron chi connectivity index (χ3n) is 9.13. The molecule has 0 aromatic carbocycles. The molecule has 2 heteroatoms. The molecular formula is C24H36O2. The summed E-state index contributed by atoms with van der Waals surface area (Å²) in [6, 6.07) is 0. The van der Waals surface area contributed by atoms with Crippen LogP contribution >= 0.6 is 0 Å². The van der Waals surface area contributed by atoms with Gasteiger partial charge in [0, 0.05) is 5.92 Å². The Morgan fingerprint density at radius 3 is 2.62 bits per heavy atom. The molecule has 0 heterocycles. The highest BCUT2D eigenvalue weighted by Gasteiger charge is 2.61. The van der Waals surface area contributed by atoms with Crippen LogP contribution in [0, 0.1) is 46.3 Å². The quantitative estimate of drug-likeness (QED) is 0.528. The minimum absolute atomic E-state index is 0.127. The number of hydrogen-bond donors (Lipinski definition) is 2. The van der Waals surface area contributed by atoms with E-state index >= 15 is 0 Å². The third-order valence-corrected chi connectivity index (χ3v) is 9.13. The molecule has 2 unspecified atom stereocenters. The molecule has 0 saturated heterocycles. The van der Waals surface area contributed by atoms with Gasteiger partial charge in [0.1, 0.15) is 5.60 Å². The molecule has 0 radical (unpaired) electrons. The van der Waals surface area contributed by atoms with Crippen LogP contribution in [0.25, 0.3) is 0 Å². The summed E-state index contributed by atoms with van der Waals surface area (Å²) in [6.07, 6.45) is 11.4. The first-order valence-corrected chi connectivity index (χ1v) is 10.8. The second-order valence-electron chi connectivity index (χ2n) is 10.4. The zero-order valence-electron chi connectivity index (χ0n) is 17.0. The number of rotatable bonds is 1. The van der Waals surface area contributed by atoms with Crippen molar-refractivity contribution in [1.29, 1.82) is 0 Å². The lowest BCUT2D eigenvalue weighted by Gasteiger charge is -2.58. The van der Waals surface area contributed by atoms with Crippen molar-refractivity contribution in [2.24, 2.45) is 34.5 Å². The van der Waals surface area contributed by atoms with Gasteiger partial charge >= 0.3 is 0 Å². The molecule has 4 aliphatic carbocycles. The minimum atomic E-state index is -0.862. The van der Waals surface area contributed by atoms with E-state index in [4.69, 9.17) is 0 Å². The first kappa shape index (κ1) is 18.6. The van der Waals surface area contributed by atoms with Gasteiger partial charge in [-0.25, -0.2) is 0 Å². The van der Waals surface area contributed by atoms with E-state index in [2.05, 4.69) is 31.8 Å². The van der Waals surface area contributed by atoms with E-state index in [0.717, 1.165) is 37.5 Å². The molecule has 0 bridgehead atoms. The molecule has 8 atom stereocenters. The molecule has 2 nitrogen and oxygen atoms in total. The maximum Gasteiger partial charge on any atom is 0.126 e. The highest BCUT2D eigenvalue weighted by Crippen LogP contribution is 2.67. The smallest absolute Gasteiger partial charge is 0.126 e. The molecule has 2 N–H and O–H groups in total. The summed E-state index contributed by atoms with van der Waals surface area (Å²) in [7, 11) is 0. The largest absolute Gasteiger partial charge is 0.393 e. The van der Waals surface area contributed by atoms with Gasteiger partial charge in [0.05, 0.1) is 6.10 Å². The van der Waals surface area contributed by atoms with Gasteiger partial charge < -0.3 is 10.2 Å². The fraction of sp³-hybridized carbons (Fsp3) is 0.833. The van der Waals surface area contributed by atoms with Crippen LogP contribution in [-0.4, -0.2) is 21.9 Å². The lowest BCUT2D eigenvalue weighted by molar-refractivity contribution is -0.0826. The number of fused-ring (bicyclic) bond motifs is 5. The SMILES string of the molecule is CC#CC(C)(O)[C@H]1CC[C@H]2[C@@H]3CC=C4CC(O)CC[C@]4(C)[C@H]3CC[C@]12C. The van der Waals surface area contributed by atoms with Gasteiger partial charge in [-0.1, -0.05) is 31.4 Å². The summed E-state index contributed by atoms with van der Waals surface area (Å²) >= 11 is 0. The summed E-state index contributed by atoms with van der Waals surface area (Å²) in [5.74, 6) is 8.59. The molecule has 0 aliphatic heterocycles. The van der Waals surface area contributed by atoms with Crippen molar-refractivity contribution in [3.63, 3.8) is 0 Å². The first-order chi connectivity index (χ1) is 12.2. The lowest BCUT2D eigenvalue weighted by atomic mass is 9.47. The standard InChI is InChI=1S/C24H36O2/c1-5-12-24(4,26)21-9-8-19-18-7-6-16-15-17(25)10-13-22(16,2)20(18)11-14-23(19,21)3/h6,17-21,25-26H,7-11,13-15H2,1-4H3/t17?,18-,19-,20-,21-,22-,23-,24?/m0/s1. The van der Waals surface area contributed by atoms with E-state index in [-0.39, 0.29) is 11.5 Å². The van der Waals surface area contributed by atoms with Crippen molar-refractivity contribution in [3.8, 4) is 11.8 Å². The highest BCUT2D eigenvalue weighted by atomic mass is 16.3. The summed E-state index contributed by atoms with van der Waals surface area (Å²) in [4.78, 5) is 0. The van der Waals surface area contributed by atoms with Crippen molar-refractivity contribution in [2.45, 2.75) is 90.8 Å². The average Bonchev–Trinajstić information content (AvgIpc) is 2.93. The summed E-state index contributed by atoms with van der Waals surface area (Å²) in [6.45, 7) is 8.71. The topological polar surface area (TPSA) is 40.5 Å². The van der Waals surface area contributed by atoms with Crippen LogP contribution < -0.4 is 0 Å². The van der Waals surface area contributed by atoms with Crippen LogP contribution in [0.3, 0.4) is 0 Å². The van der Waals surface area contributed by atoms with Crippen LogP contribution in [-0.2, 0) is 0 Å². The second-order valence-corrected chi connectivity index (χ2v) is 10.4. The fourth-order valence-corrected chi connectivity index (χ4v) is 7.91. The Labute approximate surface area is 159 Å². The van der Waals surface area contributed by atoms with Crippen molar-refractivity contribution in [3.05, 3.63) is 11.6 Å². The molecule has 144 valence electrons. The predicted octanol–water partition coefficient (Wildman–Crippen LogP) is 4.70. The van der Waals surface area contributed by atoms with Crippen LogP contribution in [0.4, 0.5) is 0 Å². The number of hydrogen-bond acceptors (Lipinski definition) is 2. The monoisotopic (exact) mass is 356 g/mol. The fourth-order valence-electron chi connectivity index (χ4n) is 7.91. The highest BCUT2D eigenvalue weighted by molar-refractivity contribution is 5.26. The molecule has 3 saturated carbocycles. The molecule has 0 amide bonds. The van der Waals surface area contributed by atoms with Crippen molar-refractivity contribution in [2.75, 3.05) is 0 Å². The summed E-state index contributed by atoms with van der Waals surface area (Å²) < 4.78 is 0. The average molecular weight is 357 g/mol. The van der Waals surface area contributed by atoms with Crippen LogP contribution in [0.2, 0.25) is 0 Å². The number of aliphatic hydroxyl groups excluding tert-OH is 1. The molecule has 0 aromatic heterocycles. The molecule has 3 fully saturated rings. The number of aliphatic hydroxyl groups is 2. The molecular weight excluding hydrogens is 320 g/mol. The first-order valence-electron chi connectivity index (χ1n) is 10.8. The van der Waals surface area contributed by atoms with Crippen LogP contribution in [0.1, 0.15) is 79.1 Å². The summed E-state index contributed by atoms with van der Waals surface area (Å²) in [5, 5.41) is 21.2. The van der Waals surface area contributed by atoms with E-state index in [0.29, 0.717) is 17.3 Å². The van der Waals surface area contributed by atoms with Gasteiger partial charge in [-0.2, -0.15) is 0 Å². The Morgan fingerprint density at radius 2 is 1.88 bits per heavy atom. The Hall–Kier alpha value is -0.780. The zero-order chi connectivity index (χ0) is 18.7. The van der Waals surface area contributed by atoms with E-state index in [1.54, 1.807) is 5.57 Å². The molecule has 4 aliphatic rings. The van der Waals surface area contributed by atoms with Crippen LogP contribution in [0.5, 0.6) is 0 Å². The van der Waals surface area contributed by atoms with Gasteiger partial charge in [0.15, 0.2) is 0 Å². The van der Waals surface area contributed by atoms with Crippen LogP contribution in [0.15, 0.2) is 11.6 Å². The second kappa shape index (κ2) is 6.11. The van der Waals surface area contributed by atoms with E-state index in [9.17, 15) is 10.2 Å². The summed E-state index contributed by atoms with van der Waals surface area (Å²) in [5.41, 5.74) is 1.19. The van der Waals surface area contributed by atoms with Crippen molar-refractivity contribution >= 4 is 0 Å². The minimum Gasteiger partial charge on any atom is -0.393 e. The van der Waals surface area contributed by atoms with Crippen molar-refractivity contribution in [1.82, 2.24) is 0 Å². The van der Waals surface area contributed by atoms with Crippen molar-refractivity contribution < 1.29 is 10.2 Å². The Morgan fingerprint density at radius 1 is 1.12 bits per heavy atom. The van der Waals surface area contributed by atoms with Gasteiger partial charge in [0.25, 0.3) is 0 Å². The Bertz CT molecular complexity index is 665. The number of allylic oxidation sites excluding steroid dienone is 1. The van der Waals surface area contributed by atoms with Gasteiger partial charge in [-0.3, -0.25) is 0 Å². The molecule has 0 aromatic rings. The Balaban J connectivity index is 1.65. The van der Waals surface area contributed by atoms with Gasteiger partial charge in [0.2, 0.25) is 0 Å². The Kier molecular flexibility index (Phi) is 4.37. The normalized spacial score (nSPS) is 49.6. The van der Waals surface area contributed by atoms with E-state index < -0.39 is 5.60 Å².